The molecule has 3 amide bonds. The molecule has 2 bridgehead atoms. The lowest BCUT2D eigenvalue weighted by molar-refractivity contribution is -0.264. The molecule has 218 valence electrons. The first-order chi connectivity index (χ1) is 21.3. The van der Waals surface area contributed by atoms with Crippen LogP contribution < -0.4 is 5.32 Å². The van der Waals surface area contributed by atoms with Crippen LogP contribution >= 0.6 is 0 Å². The zero-order valence-corrected chi connectivity index (χ0v) is 24.3. The molecule has 1 saturated heterocycles. The number of nitrogens with zero attached hydrogens (tertiary/aromatic N) is 3. The molecule has 4 aromatic carbocycles. The highest BCUT2D eigenvalue weighted by atomic mass is 16.6. The highest BCUT2D eigenvalue weighted by Gasteiger charge is 2.55. The molecular weight excluding hydrogens is 556 g/mol. The summed E-state index contributed by atoms with van der Waals surface area (Å²) < 4.78 is 17.8. The minimum absolute atomic E-state index is 0.108. The van der Waals surface area contributed by atoms with E-state index in [9.17, 15) is 14.4 Å². The minimum Gasteiger partial charge on any atom is -0.374 e. The van der Waals surface area contributed by atoms with Crippen molar-refractivity contribution in [3.63, 3.8) is 0 Å². The van der Waals surface area contributed by atoms with Crippen molar-refractivity contribution >= 4 is 61.3 Å². The fraction of sp³-hybridized carbons (Fsp3) is 0.229. The van der Waals surface area contributed by atoms with Gasteiger partial charge < -0.3 is 23.5 Å². The quantitative estimate of drug-likeness (QED) is 0.276. The Hall–Kier alpha value is -4.99. The number of fused-ring (bicyclic) bond motifs is 13. The molecule has 1 fully saturated rings. The third-order valence-corrected chi connectivity index (χ3v) is 9.96. The topological polar surface area (TPSA) is 94.8 Å². The fourth-order valence-electron chi connectivity index (χ4n) is 8.25. The first kappa shape index (κ1) is 25.5. The van der Waals surface area contributed by atoms with Crippen molar-refractivity contribution in [2.75, 3.05) is 14.2 Å². The van der Waals surface area contributed by atoms with Crippen LogP contribution in [0.15, 0.2) is 78.9 Å². The molecule has 1 unspecified atom stereocenters. The molecule has 4 atom stereocenters. The standard InChI is InChI=1S/C35H28N4O5/c1-35-31(43-3)23(37(2)34(42)18-11-5-4-6-12-18)17-24(44-35)38-21-15-9-7-13-19(21)25-27-28(33(41)36-32(27)40)26-20-14-8-10-16-22(20)39(35)30(26)29(25)38/h4-16,23-24,31H,17H2,1-3H3,(H,36,40,41)/t23?,24-,31-,35+/m1/s1. The second-order valence-corrected chi connectivity index (χ2v) is 12.1. The average molecular weight is 585 g/mol. The molecule has 9 rings (SSSR count). The van der Waals surface area contributed by atoms with Crippen LogP contribution in [-0.4, -0.2) is 58.1 Å². The largest absolute Gasteiger partial charge is 0.374 e. The lowest BCUT2D eigenvalue weighted by Crippen LogP contribution is -2.61. The van der Waals surface area contributed by atoms with Crippen LogP contribution in [0.4, 0.5) is 0 Å². The number of hydrogen-bond acceptors (Lipinski definition) is 5. The molecular formula is C35H28N4O5. The van der Waals surface area contributed by atoms with E-state index < -0.39 is 29.9 Å². The van der Waals surface area contributed by atoms with Gasteiger partial charge in [0, 0.05) is 47.7 Å². The highest BCUT2D eigenvalue weighted by molar-refractivity contribution is 6.39. The van der Waals surface area contributed by atoms with Gasteiger partial charge in [-0.05, 0) is 31.2 Å². The molecule has 0 saturated carbocycles. The van der Waals surface area contributed by atoms with E-state index >= 15 is 0 Å². The van der Waals surface area contributed by atoms with Crippen molar-refractivity contribution in [1.29, 1.82) is 0 Å². The van der Waals surface area contributed by atoms with E-state index in [0.717, 1.165) is 38.2 Å². The Morgan fingerprint density at radius 1 is 0.886 bits per heavy atom. The van der Waals surface area contributed by atoms with Crippen molar-refractivity contribution in [3.05, 3.63) is 95.6 Å². The Morgan fingerprint density at radius 3 is 2.16 bits per heavy atom. The number of para-hydroxylation sites is 2. The molecule has 1 N–H and O–H groups in total. The van der Waals surface area contributed by atoms with E-state index in [0.29, 0.717) is 28.5 Å². The van der Waals surface area contributed by atoms with Crippen molar-refractivity contribution in [3.8, 4) is 0 Å². The van der Waals surface area contributed by atoms with Crippen LogP contribution in [0.5, 0.6) is 0 Å². The van der Waals surface area contributed by atoms with Gasteiger partial charge in [0.1, 0.15) is 12.3 Å². The molecule has 3 aliphatic rings. The summed E-state index contributed by atoms with van der Waals surface area (Å²) >= 11 is 0. The number of hydrogen-bond donors (Lipinski definition) is 1. The van der Waals surface area contributed by atoms with E-state index in [1.54, 1.807) is 12.0 Å². The van der Waals surface area contributed by atoms with Crippen molar-refractivity contribution in [1.82, 2.24) is 19.4 Å². The number of nitrogens with one attached hydrogen (secondary N) is 1. The van der Waals surface area contributed by atoms with Crippen LogP contribution in [0.1, 0.15) is 50.6 Å². The predicted molar refractivity (Wildman–Crippen MR) is 166 cm³/mol. The summed E-state index contributed by atoms with van der Waals surface area (Å²) in [5, 5.41) is 5.74. The van der Waals surface area contributed by atoms with Gasteiger partial charge in [0.25, 0.3) is 17.7 Å². The first-order valence-electron chi connectivity index (χ1n) is 14.8. The van der Waals surface area contributed by atoms with E-state index in [-0.39, 0.29) is 11.9 Å². The monoisotopic (exact) mass is 584 g/mol. The van der Waals surface area contributed by atoms with Crippen LogP contribution in [-0.2, 0) is 15.2 Å². The number of amides is 3. The predicted octanol–water partition coefficient (Wildman–Crippen LogP) is 5.55. The van der Waals surface area contributed by atoms with E-state index in [4.69, 9.17) is 9.47 Å². The Labute approximate surface area is 251 Å². The van der Waals surface area contributed by atoms with Gasteiger partial charge in [-0.1, -0.05) is 54.6 Å². The van der Waals surface area contributed by atoms with Crippen molar-refractivity contribution in [2.24, 2.45) is 0 Å². The summed E-state index contributed by atoms with van der Waals surface area (Å²) in [5.41, 5.74) is 3.66. The maximum Gasteiger partial charge on any atom is 0.259 e. The Bertz CT molecular complexity index is 2270. The highest BCUT2D eigenvalue weighted by Crippen LogP contribution is 2.54. The third kappa shape index (κ3) is 2.93. The van der Waals surface area contributed by atoms with Crippen LogP contribution in [0.3, 0.4) is 0 Å². The normalized spacial score (nSPS) is 23.9. The SMILES string of the molecule is CO[C@@H]1C(N(C)C(=O)c2ccccc2)C[C@H]2O[C@]1(C)n1c3ccccc3c3c4c(c5c6ccccc6n2c5c31)C(=O)NC4=O. The lowest BCUT2D eigenvalue weighted by Gasteiger charge is -2.50. The number of benzene rings is 4. The Morgan fingerprint density at radius 2 is 1.48 bits per heavy atom. The molecule has 9 heteroatoms. The lowest BCUT2D eigenvalue weighted by atomic mass is 9.91. The second kappa shape index (κ2) is 8.56. The number of carbonyl (C=O) groups excluding carboxylic acids is 3. The Kier molecular flexibility index (Phi) is 4.96. The zero-order chi connectivity index (χ0) is 30.1. The first-order valence-corrected chi connectivity index (χ1v) is 14.8. The average Bonchev–Trinajstić information content (AvgIpc) is 3.65. The summed E-state index contributed by atoms with van der Waals surface area (Å²) in [4.78, 5) is 42.7. The van der Waals surface area contributed by atoms with Gasteiger partial charge in [-0.2, -0.15) is 0 Å². The number of methoxy groups -OCH3 is 1. The molecule has 0 radical (unpaired) electrons. The maximum absolute atomic E-state index is 13.9. The number of likely N-dealkylation sites (N-methyl/N-ethyl adjacent to an activating group) is 1. The van der Waals surface area contributed by atoms with Gasteiger partial charge in [0.05, 0.1) is 39.2 Å². The molecule has 5 heterocycles. The van der Waals surface area contributed by atoms with Crippen LogP contribution in [0.2, 0.25) is 0 Å². The molecule has 9 nitrogen and oxygen atoms in total. The Balaban J connectivity index is 1.44. The maximum atomic E-state index is 13.9. The fourth-order valence-corrected chi connectivity index (χ4v) is 8.25. The molecule has 3 aliphatic heterocycles. The van der Waals surface area contributed by atoms with Crippen LogP contribution in [0, 0.1) is 0 Å². The summed E-state index contributed by atoms with van der Waals surface area (Å²) in [6, 6.07) is 24.7. The molecule has 2 aromatic heterocycles. The van der Waals surface area contributed by atoms with Gasteiger partial charge in [-0.3, -0.25) is 19.7 Å². The molecule has 0 aliphatic carbocycles. The van der Waals surface area contributed by atoms with Crippen molar-refractivity contribution in [2.45, 2.75) is 37.4 Å². The van der Waals surface area contributed by atoms with Gasteiger partial charge in [0.2, 0.25) is 0 Å². The summed E-state index contributed by atoms with van der Waals surface area (Å²) in [6.07, 6.45) is -0.640. The number of rotatable bonds is 3. The minimum atomic E-state index is -1.10. The number of carbonyl (C=O) groups is 3. The van der Waals surface area contributed by atoms with Gasteiger partial charge >= 0.3 is 0 Å². The molecule has 0 spiro atoms. The van der Waals surface area contributed by atoms with Gasteiger partial charge in [-0.25, -0.2) is 0 Å². The third-order valence-electron chi connectivity index (χ3n) is 9.96. The van der Waals surface area contributed by atoms with Gasteiger partial charge in [-0.15, -0.1) is 0 Å². The summed E-state index contributed by atoms with van der Waals surface area (Å²) in [7, 11) is 3.48. The van der Waals surface area contributed by atoms with E-state index in [1.165, 1.54) is 0 Å². The molecule has 6 aromatic rings. The van der Waals surface area contributed by atoms with Gasteiger partial charge in [0.15, 0.2) is 5.72 Å². The van der Waals surface area contributed by atoms with E-state index in [1.807, 2.05) is 92.8 Å². The second-order valence-electron chi connectivity index (χ2n) is 12.1. The summed E-state index contributed by atoms with van der Waals surface area (Å²) in [6.45, 7) is 2.01. The number of imide groups is 1. The smallest absolute Gasteiger partial charge is 0.259 e. The van der Waals surface area contributed by atoms with Crippen molar-refractivity contribution < 1.29 is 23.9 Å². The zero-order valence-electron chi connectivity index (χ0n) is 24.3. The van der Waals surface area contributed by atoms with E-state index in [2.05, 4.69) is 14.5 Å². The van der Waals surface area contributed by atoms with Crippen LogP contribution in [0.25, 0.3) is 43.6 Å². The molecule has 44 heavy (non-hydrogen) atoms. The number of ether oxygens (including phenoxy) is 2. The summed E-state index contributed by atoms with van der Waals surface area (Å²) in [5.74, 6) is -0.908. The number of aromatic nitrogens is 2.